The molecule has 1 aliphatic carbocycles. The Morgan fingerprint density at radius 1 is 1.07 bits per heavy atom. The first-order chi connectivity index (χ1) is 22.2. The van der Waals surface area contributed by atoms with E-state index in [1.165, 1.54) is 29.8 Å². The zero-order valence-electron chi connectivity index (χ0n) is 26.6. The number of hydrogen-bond donors (Lipinski definition) is 3. The first-order valence-corrected chi connectivity index (χ1v) is 16.9. The summed E-state index contributed by atoms with van der Waals surface area (Å²) in [4.78, 5) is 65.1. The van der Waals surface area contributed by atoms with Crippen molar-refractivity contribution in [1.29, 1.82) is 0 Å². The highest BCUT2D eigenvalue weighted by Crippen LogP contribution is 2.30. The Morgan fingerprint density at radius 3 is 2.50 bits per heavy atom. The quantitative estimate of drug-likeness (QED) is 0.302. The summed E-state index contributed by atoms with van der Waals surface area (Å²) in [6.07, 6.45) is 7.75. The molecule has 0 spiro atoms. The fourth-order valence-corrected chi connectivity index (χ4v) is 7.11. The highest BCUT2D eigenvalue weighted by Gasteiger charge is 2.34. The summed E-state index contributed by atoms with van der Waals surface area (Å²) in [6, 6.07) is 2.71. The monoisotopic (exact) mass is 651 g/mol. The fourth-order valence-electron chi connectivity index (χ4n) is 6.25. The topological polar surface area (TPSA) is 137 Å². The summed E-state index contributed by atoms with van der Waals surface area (Å²) in [5, 5.41) is 10.2. The molecular formula is C33H42FN7O4S. The molecule has 13 heteroatoms. The number of anilines is 1. The molecule has 3 N–H and O–H groups in total. The first kappa shape index (κ1) is 33.4. The number of piperazine rings is 1. The van der Waals surface area contributed by atoms with Crippen LogP contribution >= 0.6 is 11.3 Å². The molecule has 246 valence electrons. The van der Waals surface area contributed by atoms with Gasteiger partial charge in [0.15, 0.2) is 0 Å². The molecule has 46 heavy (non-hydrogen) atoms. The van der Waals surface area contributed by atoms with Gasteiger partial charge in [0.25, 0.3) is 5.91 Å². The van der Waals surface area contributed by atoms with E-state index in [1.54, 1.807) is 36.4 Å². The highest BCUT2D eigenvalue weighted by molar-refractivity contribution is 7.17. The molecule has 1 aromatic carbocycles. The van der Waals surface area contributed by atoms with Crippen LogP contribution < -0.4 is 16.0 Å². The van der Waals surface area contributed by atoms with Crippen molar-refractivity contribution in [3.63, 3.8) is 0 Å². The average molecular weight is 652 g/mol. The van der Waals surface area contributed by atoms with Crippen molar-refractivity contribution in [2.75, 3.05) is 38.5 Å². The van der Waals surface area contributed by atoms with Gasteiger partial charge in [-0.2, -0.15) is 0 Å². The minimum Gasteiger partial charge on any atom is -0.344 e. The second-order valence-electron chi connectivity index (χ2n) is 12.3. The normalized spacial score (nSPS) is 18.0. The van der Waals surface area contributed by atoms with Crippen LogP contribution in [0.3, 0.4) is 0 Å². The molecule has 1 saturated heterocycles. The summed E-state index contributed by atoms with van der Waals surface area (Å²) in [5.74, 6) is -2.65. The smallest absolute Gasteiger partial charge is 0.255 e. The van der Waals surface area contributed by atoms with Crippen LogP contribution in [0.25, 0.3) is 10.2 Å². The van der Waals surface area contributed by atoms with Crippen LogP contribution in [0.15, 0.2) is 36.1 Å². The van der Waals surface area contributed by atoms with Gasteiger partial charge in [-0.15, -0.1) is 11.3 Å². The summed E-state index contributed by atoms with van der Waals surface area (Å²) in [6.45, 7) is 6.07. The molecule has 1 saturated carbocycles. The second-order valence-corrected chi connectivity index (χ2v) is 13.2. The van der Waals surface area contributed by atoms with Gasteiger partial charge in [0.05, 0.1) is 21.5 Å². The van der Waals surface area contributed by atoms with Crippen LogP contribution in [0, 0.1) is 11.7 Å². The second kappa shape index (κ2) is 15.1. The summed E-state index contributed by atoms with van der Waals surface area (Å²) < 4.78 is 16.4. The van der Waals surface area contributed by atoms with Crippen molar-refractivity contribution in [2.45, 2.75) is 70.4 Å². The average Bonchev–Trinajstić information content (AvgIpc) is 3.51. The fraction of sp³-hybridized carbons (Fsp3) is 0.515. The molecular weight excluding hydrogens is 609 g/mol. The van der Waals surface area contributed by atoms with Crippen LogP contribution in [0.5, 0.6) is 0 Å². The van der Waals surface area contributed by atoms with Crippen LogP contribution in [-0.4, -0.2) is 88.7 Å². The Labute approximate surface area is 272 Å². The number of halogens is 1. The molecule has 0 unspecified atom stereocenters. The Morgan fingerprint density at radius 2 is 1.80 bits per heavy atom. The lowest BCUT2D eigenvalue weighted by Gasteiger charge is -2.36. The number of hydrogen-bond acceptors (Lipinski definition) is 8. The minimum atomic E-state index is -0.863. The summed E-state index contributed by atoms with van der Waals surface area (Å²) in [7, 11) is 2.00. The minimum absolute atomic E-state index is 0.0238. The number of benzene rings is 1. The maximum atomic E-state index is 15.6. The lowest BCUT2D eigenvalue weighted by Crippen LogP contribution is -2.55. The van der Waals surface area contributed by atoms with Gasteiger partial charge in [-0.05, 0) is 43.5 Å². The maximum Gasteiger partial charge on any atom is 0.255 e. The van der Waals surface area contributed by atoms with Crippen molar-refractivity contribution in [3.05, 3.63) is 53.0 Å². The predicted octanol–water partition coefficient (Wildman–Crippen LogP) is 3.92. The van der Waals surface area contributed by atoms with E-state index >= 15 is 4.39 Å². The number of rotatable bonds is 10. The molecule has 2 aromatic heterocycles. The summed E-state index contributed by atoms with van der Waals surface area (Å²) in [5.41, 5.74) is 1.39. The van der Waals surface area contributed by atoms with Crippen LogP contribution in [-0.2, 0) is 14.4 Å². The van der Waals surface area contributed by atoms with Gasteiger partial charge < -0.3 is 25.8 Å². The number of likely N-dealkylation sites (N-methyl/N-ethyl adjacent to an activating group) is 1. The first-order valence-electron chi connectivity index (χ1n) is 16.0. The Kier molecular flexibility index (Phi) is 10.9. The zero-order valence-corrected chi connectivity index (χ0v) is 27.4. The van der Waals surface area contributed by atoms with Gasteiger partial charge in [-0.3, -0.25) is 19.2 Å². The molecule has 11 nitrogen and oxygen atoms in total. The van der Waals surface area contributed by atoms with Gasteiger partial charge in [-0.25, -0.2) is 14.4 Å². The number of thiophene rings is 1. The maximum absolute atomic E-state index is 15.6. The molecule has 3 aromatic rings. The van der Waals surface area contributed by atoms with E-state index in [-0.39, 0.29) is 29.8 Å². The van der Waals surface area contributed by atoms with E-state index in [0.717, 1.165) is 49.9 Å². The summed E-state index contributed by atoms with van der Waals surface area (Å²) >= 11 is 1.35. The number of carbonyl (C=O) groups is 4. The predicted molar refractivity (Wildman–Crippen MR) is 175 cm³/mol. The van der Waals surface area contributed by atoms with Crippen molar-refractivity contribution < 1.29 is 23.6 Å². The SMILES string of the molecule is CCC(=O)N[C@@H](C(=O)N1CCN(C)CC1)[C@@H](C)c1ccc(NC(=O)[C@@H](NC(=O)c2csc3cncnc23)C2CCCCC2)c(F)c1. The van der Waals surface area contributed by atoms with Crippen molar-refractivity contribution in [3.8, 4) is 0 Å². The van der Waals surface area contributed by atoms with Gasteiger partial charge in [0.2, 0.25) is 17.7 Å². The van der Waals surface area contributed by atoms with E-state index in [0.29, 0.717) is 29.7 Å². The third-order valence-electron chi connectivity index (χ3n) is 9.17. The highest BCUT2D eigenvalue weighted by atomic mass is 32.1. The molecule has 2 aliphatic rings. The number of amides is 4. The standard InChI is InChI=1S/C33H42FN7O4S/c1-4-27(42)38-28(33(45)41-14-12-40(3)13-15-41)20(2)22-10-11-25(24(34)16-22)37-32(44)29(21-8-6-5-7-9-21)39-31(43)23-18-46-26-17-35-19-36-30(23)26/h10-11,16-21,28-29H,4-9,12-15H2,1-3H3,(H,37,44)(H,38,42)(H,39,43)/t20-,28+,29-/m0/s1. The molecule has 2 fully saturated rings. The Hall–Kier alpha value is -3.97. The molecule has 4 amide bonds. The third kappa shape index (κ3) is 7.69. The molecule has 3 atom stereocenters. The Balaban J connectivity index is 1.33. The number of fused-ring (bicyclic) bond motifs is 1. The number of nitrogens with zero attached hydrogens (tertiary/aromatic N) is 4. The van der Waals surface area contributed by atoms with Crippen molar-refractivity contribution >= 4 is 50.9 Å². The lowest BCUT2D eigenvalue weighted by atomic mass is 9.83. The van der Waals surface area contributed by atoms with Crippen LogP contribution in [0.2, 0.25) is 0 Å². The van der Waals surface area contributed by atoms with Gasteiger partial charge in [0.1, 0.15) is 24.2 Å². The van der Waals surface area contributed by atoms with E-state index in [4.69, 9.17) is 0 Å². The van der Waals surface area contributed by atoms with E-state index < -0.39 is 35.6 Å². The van der Waals surface area contributed by atoms with Gasteiger partial charge in [-0.1, -0.05) is 39.2 Å². The van der Waals surface area contributed by atoms with E-state index in [1.807, 2.05) is 7.05 Å². The molecule has 0 radical (unpaired) electrons. The van der Waals surface area contributed by atoms with Crippen LogP contribution in [0.4, 0.5) is 10.1 Å². The molecule has 3 heterocycles. The van der Waals surface area contributed by atoms with Crippen LogP contribution in [0.1, 0.15) is 74.2 Å². The number of carbonyl (C=O) groups excluding carboxylic acids is 4. The Bertz CT molecular complexity index is 1570. The molecule has 5 rings (SSSR count). The van der Waals surface area contributed by atoms with Crippen molar-refractivity contribution in [1.82, 2.24) is 30.4 Å². The van der Waals surface area contributed by atoms with Gasteiger partial charge in [0, 0.05) is 50.1 Å². The van der Waals surface area contributed by atoms with E-state index in [2.05, 4.69) is 30.8 Å². The third-order valence-corrected chi connectivity index (χ3v) is 10.1. The van der Waals surface area contributed by atoms with Gasteiger partial charge >= 0.3 is 0 Å². The molecule has 0 bridgehead atoms. The van der Waals surface area contributed by atoms with E-state index in [9.17, 15) is 19.2 Å². The number of aromatic nitrogens is 2. The molecule has 1 aliphatic heterocycles. The lowest BCUT2D eigenvalue weighted by molar-refractivity contribution is -0.138. The van der Waals surface area contributed by atoms with Crippen molar-refractivity contribution in [2.24, 2.45) is 5.92 Å². The largest absolute Gasteiger partial charge is 0.344 e. The zero-order chi connectivity index (χ0) is 32.8. The number of nitrogens with one attached hydrogen (secondary N) is 3.